The Morgan fingerprint density at radius 2 is 1.90 bits per heavy atom. The van der Waals surface area contributed by atoms with Gasteiger partial charge in [-0.05, 0) is 44.2 Å². The Labute approximate surface area is 171 Å². The predicted octanol–water partition coefficient (Wildman–Crippen LogP) is 3.98. The van der Waals surface area contributed by atoms with E-state index in [1.807, 2.05) is 49.1 Å². The molecule has 2 amide bonds. The number of hydrogen-bond donors (Lipinski definition) is 1. The number of carbonyl (C=O) groups is 1. The van der Waals surface area contributed by atoms with Crippen LogP contribution in [0.2, 0.25) is 0 Å². The number of morpholine rings is 1. The van der Waals surface area contributed by atoms with Gasteiger partial charge in [0, 0.05) is 25.8 Å². The van der Waals surface area contributed by atoms with Crippen LogP contribution in [-0.2, 0) is 4.74 Å². The number of para-hydroxylation sites is 1. The lowest BCUT2D eigenvalue weighted by molar-refractivity contribution is -0.00539. The van der Waals surface area contributed by atoms with Crippen molar-refractivity contribution >= 4 is 17.4 Å². The first kappa shape index (κ1) is 20.9. The molecule has 0 radical (unpaired) electrons. The molecule has 2 atom stereocenters. The quantitative estimate of drug-likeness (QED) is 0.796. The molecule has 1 aliphatic rings. The summed E-state index contributed by atoms with van der Waals surface area (Å²) in [6.07, 6.45) is 0.0913. The van der Waals surface area contributed by atoms with Crippen LogP contribution in [0.5, 0.6) is 5.75 Å². The summed E-state index contributed by atoms with van der Waals surface area (Å²) < 4.78 is 26.0. The highest BCUT2D eigenvalue weighted by Crippen LogP contribution is 2.26. The van der Waals surface area contributed by atoms with Gasteiger partial charge in [-0.25, -0.2) is 9.18 Å². The van der Waals surface area contributed by atoms with E-state index in [1.54, 1.807) is 19.2 Å². The molecule has 2 aromatic carbocycles. The van der Waals surface area contributed by atoms with Crippen LogP contribution >= 0.6 is 0 Å². The first-order valence-electron chi connectivity index (χ1n) is 9.82. The zero-order valence-electron chi connectivity index (χ0n) is 17.1. The normalized spacial score (nSPS) is 19.0. The Bertz CT molecular complexity index is 808. The SMILES string of the molecule is C[C@@H]1CN(c2ccc(NC(=O)N(C)CCOc3ccccc3)cc2F)C[C@H](C)O1. The highest BCUT2D eigenvalue weighted by Gasteiger charge is 2.24. The number of hydrogen-bond acceptors (Lipinski definition) is 4. The Morgan fingerprint density at radius 3 is 2.55 bits per heavy atom. The van der Waals surface area contributed by atoms with E-state index in [1.165, 1.54) is 11.0 Å². The van der Waals surface area contributed by atoms with Crippen LogP contribution in [0.25, 0.3) is 0 Å². The number of nitrogens with zero attached hydrogens (tertiary/aromatic N) is 2. The van der Waals surface area contributed by atoms with Gasteiger partial charge >= 0.3 is 6.03 Å². The van der Waals surface area contributed by atoms with Crippen molar-refractivity contribution in [2.24, 2.45) is 0 Å². The molecule has 0 aliphatic carbocycles. The van der Waals surface area contributed by atoms with Crippen LogP contribution < -0.4 is 15.0 Å². The minimum absolute atomic E-state index is 0.0456. The lowest BCUT2D eigenvalue weighted by Crippen LogP contribution is -2.45. The van der Waals surface area contributed by atoms with Gasteiger partial charge in [0.2, 0.25) is 0 Å². The summed E-state index contributed by atoms with van der Waals surface area (Å²) in [5, 5.41) is 2.73. The van der Waals surface area contributed by atoms with Gasteiger partial charge in [0.15, 0.2) is 0 Å². The van der Waals surface area contributed by atoms with E-state index in [-0.39, 0.29) is 24.1 Å². The number of ether oxygens (including phenoxy) is 2. The highest BCUT2D eigenvalue weighted by atomic mass is 19.1. The summed E-state index contributed by atoms with van der Waals surface area (Å²) in [5.74, 6) is 0.393. The van der Waals surface area contributed by atoms with Gasteiger partial charge in [0.05, 0.1) is 24.4 Å². The van der Waals surface area contributed by atoms with Crippen LogP contribution in [-0.4, -0.2) is 56.4 Å². The predicted molar refractivity (Wildman–Crippen MR) is 112 cm³/mol. The number of likely N-dealkylation sites (N-methyl/N-ethyl adjacent to an activating group) is 1. The third-order valence-corrected chi connectivity index (χ3v) is 4.74. The average Bonchev–Trinajstić information content (AvgIpc) is 2.68. The second-order valence-corrected chi connectivity index (χ2v) is 7.34. The van der Waals surface area contributed by atoms with Crippen molar-refractivity contribution in [3.63, 3.8) is 0 Å². The number of amides is 2. The number of carbonyl (C=O) groups excluding carboxylic acids is 1. The summed E-state index contributed by atoms with van der Waals surface area (Å²) in [5.41, 5.74) is 0.941. The van der Waals surface area contributed by atoms with E-state index in [0.29, 0.717) is 37.6 Å². The fourth-order valence-electron chi connectivity index (χ4n) is 3.35. The van der Waals surface area contributed by atoms with Crippen molar-refractivity contribution in [1.82, 2.24) is 4.90 Å². The van der Waals surface area contributed by atoms with Gasteiger partial charge in [0.25, 0.3) is 0 Å². The van der Waals surface area contributed by atoms with E-state index in [2.05, 4.69) is 5.32 Å². The first-order chi connectivity index (χ1) is 13.9. The summed E-state index contributed by atoms with van der Waals surface area (Å²) in [6, 6.07) is 13.9. The van der Waals surface area contributed by atoms with Crippen molar-refractivity contribution in [3.05, 3.63) is 54.3 Å². The minimum atomic E-state index is -0.362. The van der Waals surface area contributed by atoms with E-state index in [9.17, 15) is 9.18 Å². The Hall–Kier alpha value is -2.80. The van der Waals surface area contributed by atoms with Crippen molar-refractivity contribution in [2.45, 2.75) is 26.1 Å². The van der Waals surface area contributed by atoms with Crippen molar-refractivity contribution < 1.29 is 18.7 Å². The summed E-state index contributed by atoms with van der Waals surface area (Å²) in [7, 11) is 1.67. The van der Waals surface area contributed by atoms with E-state index in [0.717, 1.165) is 5.75 Å². The largest absolute Gasteiger partial charge is 0.492 e. The molecule has 0 aromatic heterocycles. The van der Waals surface area contributed by atoms with E-state index < -0.39 is 0 Å². The molecular weight excluding hydrogens is 373 g/mol. The minimum Gasteiger partial charge on any atom is -0.492 e. The Morgan fingerprint density at radius 1 is 1.21 bits per heavy atom. The lowest BCUT2D eigenvalue weighted by atomic mass is 10.2. The van der Waals surface area contributed by atoms with Gasteiger partial charge in [-0.1, -0.05) is 18.2 Å². The van der Waals surface area contributed by atoms with Crippen LogP contribution in [0.4, 0.5) is 20.6 Å². The van der Waals surface area contributed by atoms with Crippen LogP contribution in [0.15, 0.2) is 48.5 Å². The molecule has 3 rings (SSSR count). The van der Waals surface area contributed by atoms with Gasteiger partial charge in [-0.15, -0.1) is 0 Å². The molecule has 1 saturated heterocycles. The van der Waals surface area contributed by atoms with E-state index >= 15 is 0 Å². The molecule has 0 spiro atoms. The second kappa shape index (κ2) is 9.60. The highest BCUT2D eigenvalue weighted by molar-refractivity contribution is 5.89. The summed E-state index contributed by atoms with van der Waals surface area (Å²) in [6.45, 7) is 6.01. The Balaban J connectivity index is 1.52. The van der Waals surface area contributed by atoms with Gasteiger partial charge in [0.1, 0.15) is 18.2 Å². The van der Waals surface area contributed by atoms with Crippen molar-refractivity contribution in [1.29, 1.82) is 0 Å². The molecule has 0 saturated carbocycles. The monoisotopic (exact) mass is 401 g/mol. The third kappa shape index (κ3) is 5.84. The fourth-order valence-corrected chi connectivity index (χ4v) is 3.35. The molecule has 156 valence electrons. The van der Waals surface area contributed by atoms with Crippen LogP contribution in [0.1, 0.15) is 13.8 Å². The van der Waals surface area contributed by atoms with Gasteiger partial charge in [-0.3, -0.25) is 0 Å². The van der Waals surface area contributed by atoms with Crippen molar-refractivity contribution in [3.8, 4) is 5.75 Å². The topological polar surface area (TPSA) is 54.0 Å². The second-order valence-electron chi connectivity index (χ2n) is 7.34. The summed E-state index contributed by atoms with van der Waals surface area (Å²) in [4.78, 5) is 15.8. The number of anilines is 2. The zero-order chi connectivity index (χ0) is 20.8. The molecule has 1 heterocycles. The van der Waals surface area contributed by atoms with Gasteiger partial charge in [-0.2, -0.15) is 0 Å². The number of urea groups is 1. The maximum Gasteiger partial charge on any atom is 0.321 e. The molecule has 1 fully saturated rings. The van der Waals surface area contributed by atoms with Crippen LogP contribution in [0, 0.1) is 5.82 Å². The van der Waals surface area contributed by atoms with Crippen LogP contribution in [0.3, 0.4) is 0 Å². The Kier molecular flexibility index (Phi) is 6.93. The first-order valence-corrected chi connectivity index (χ1v) is 9.82. The number of nitrogens with one attached hydrogen (secondary N) is 1. The van der Waals surface area contributed by atoms with Crippen molar-refractivity contribution in [2.75, 3.05) is 43.5 Å². The van der Waals surface area contributed by atoms with E-state index in [4.69, 9.17) is 9.47 Å². The fraction of sp³-hybridized carbons (Fsp3) is 0.409. The summed E-state index contributed by atoms with van der Waals surface area (Å²) >= 11 is 0. The standard InChI is InChI=1S/C22H28FN3O3/c1-16-14-26(15-17(2)29-16)21-10-9-18(13-20(21)23)24-22(27)25(3)11-12-28-19-7-5-4-6-8-19/h4-10,13,16-17H,11-12,14-15H2,1-3H3,(H,24,27)/t16-,17+. The molecule has 1 N–H and O–H groups in total. The smallest absolute Gasteiger partial charge is 0.321 e. The number of rotatable bonds is 6. The molecule has 29 heavy (non-hydrogen) atoms. The molecule has 6 nitrogen and oxygen atoms in total. The lowest BCUT2D eigenvalue weighted by Gasteiger charge is -2.37. The zero-order valence-corrected chi connectivity index (χ0v) is 17.1. The molecule has 0 bridgehead atoms. The number of benzene rings is 2. The molecule has 2 aromatic rings. The third-order valence-electron chi connectivity index (χ3n) is 4.74. The average molecular weight is 401 g/mol. The molecule has 0 unspecified atom stereocenters. The molecule has 7 heteroatoms. The van der Waals surface area contributed by atoms with Gasteiger partial charge < -0.3 is 24.6 Å². The molecule has 1 aliphatic heterocycles. The maximum atomic E-state index is 14.7. The molecular formula is C22H28FN3O3. The maximum absolute atomic E-state index is 14.7. The number of halogens is 1.